The van der Waals surface area contributed by atoms with Crippen molar-refractivity contribution in [2.75, 3.05) is 32.9 Å². The lowest BCUT2D eigenvalue weighted by Gasteiger charge is -2.25. The normalized spacial score (nSPS) is 15.1. The molecular weight excluding hydrogens is 531 g/mol. The lowest BCUT2D eigenvalue weighted by atomic mass is 9.86. The molecule has 6 nitrogen and oxygen atoms in total. The lowest BCUT2D eigenvalue weighted by Crippen LogP contribution is -2.42. The minimum atomic E-state index is -3.24. The van der Waals surface area contributed by atoms with Gasteiger partial charge >= 0.3 is 0 Å². The molecule has 0 saturated heterocycles. The quantitative estimate of drug-likeness (QED) is 0.292. The van der Waals surface area contributed by atoms with Crippen molar-refractivity contribution in [1.29, 1.82) is 0 Å². The maximum absolute atomic E-state index is 12.0. The number of rotatable bonds is 8. The van der Waals surface area contributed by atoms with Gasteiger partial charge in [-0.15, -0.1) is 24.0 Å². The summed E-state index contributed by atoms with van der Waals surface area (Å²) < 4.78 is 27.8. The van der Waals surface area contributed by atoms with Crippen LogP contribution in [0.1, 0.15) is 24.8 Å². The molecule has 0 unspecified atom stereocenters. The van der Waals surface area contributed by atoms with E-state index < -0.39 is 10.0 Å². The van der Waals surface area contributed by atoms with E-state index in [-0.39, 0.29) is 29.7 Å². The van der Waals surface area contributed by atoms with E-state index in [0.717, 1.165) is 22.9 Å². The maximum Gasteiger partial charge on any atom is 0.213 e. The Balaban J connectivity index is 0.00000338. The standard InChI is InChI=1S/C17H27BrN4O2S.HI/c1-19-17(22(2)13-15-6-8-16(18)9-7-15)20-10-11-25(23,24)21-12-14-4-3-5-14;/h6-9,14,21H,3-5,10-13H2,1-2H3,(H,19,20);1H. The molecule has 0 aliphatic heterocycles. The van der Waals surface area contributed by atoms with Gasteiger partial charge in [0.15, 0.2) is 5.96 Å². The molecule has 1 saturated carbocycles. The summed E-state index contributed by atoms with van der Waals surface area (Å²) in [5.74, 6) is 1.25. The summed E-state index contributed by atoms with van der Waals surface area (Å²) in [6.45, 7) is 1.59. The number of aliphatic imine (C=N–C) groups is 1. The molecule has 1 aliphatic rings. The Labute approximate surface area is 182 Å². The third-order valence-corrected chi connectivity index (χ3v) is 6.25. The fourth-order valence-electron chi connectivity index (χ4n) is 2.63. The average molecular weight is 559 g/mol. The summed E-state index contributed by atoms with van der Waals surface area (Å²) >= 11 is 3.42. The van der Waals surface area contributed by atoms with Crippen LogP contribution >= 0.6 is 39.9 Å². The highest BCUT2D eigenvalue weighted by Crippen LogP contribution is 2.25. The second kappa shape index (κ2) is 11.5. The molecule has 9 heteroatoms. The Morgan fingerprint density at radius 2 is 1.96 bits per heavy atom. The molecule has 1 fully saturated rings. The van der Waals surface area contributed by atoms with Crippen molar-refractivity contribution in [1.82, 2.24) is 14.9 Å². The zero-order valence-corrected chi connectivity index (χ0v) is 20.0. The van der Waals surface area contributed by atoms with Crippen LogP contribution in [-0.2, 0) is 16.6 Å². The third-order valence-electron chi connectivity index (χ3n) is 4.38. The maximum atomic E-state index is 12.0. The van der Waals surface area contributed by atoms with Crippen LogP contribution in [0.15, 0.2) is 33.7 Å². The van der Waals surface area contributed by atoms with Gasteiger partial charge in [-0.25, -0.2) is 13.1 Å². The highest BCUT2D eigenvalue weighted by molar-refractivity contribution is 14.0. The summed E-state index contributed by atoms with van der Waals surface area (Å²) in [6, 6.07) is 8.09. The SMILES string of the molecule is CN=C(NCCS(=O)(=O)NCC1CCC1)N(C)Cc1ccc(Br)cc1.I. The number of halogens is 2. The van der Waals surface area contributed by atoms with Gasteiger partial charge in [-0.1, -0.05) is 34.5 Å². The Hall–Kier alpha value is -0.390. The fourth-order valence-corrected chi connectivity index (χ4v) is 3.90. The van der Waals surface area contributed by atoms with Crippen LogP contribution in [-0.4, -0.2) is 52.2 Å². The fraction of sp³-hybridized carbons (Fsp3) is 0.588. The van der Waals surface area contributed by atoms with Gasteiger partial charge in [0.1, 0.15) is 0 Å². The molecule has 0 spiro atoms. The molecule has 1 aromatic rings. The average Bonchev–Trinajstić information content (AvgIpc) is 2.52. The molecule has 2 N–H and O–H groups in total. The summed E-state index contributed by atoms with van der Waals surface area (Å²) in [6.07, 6.45) is 3.48. The van der Waals surface area contributed by atoms with Gasteiger partial charge in [-0.05, 0) is 36.5 Å². The van der Waals surface area contributed by atoms with Gasteiger partial charge in [0.05, 0.1) is 5.75 Å². The monoisotopic (exact) mass is 558 g/mol. The van der Waals surface area contributed by atoms with E-state index in [9.17, 15) is 8.42 Å². The minimum absolute atomic E-state index is 0. The van der Waals surface area contributed by atoms with E-state index in [2.05, 4.69) is 31.0 Å². The molecule has 0 amide bonds. The van der Waals surface area contributed by atoms with Crippen LogP contribution in [0.5, 0.6) is 0 Å². The zero-order chi connectivity index (χ0) is 18.3. The van der Waals surface area contributed by atoms with E-state index in [1.54, 1.807) is 7.05 Å². The number of benzene rings is 1. The van der Waals surface area contributed by atoms with Crippen molar-refractivity contribution >= 4 is 55.9 Å². The number of guanidine groups is 1. The van der Waals surface area contributed by atoms with Gasteiger partial charge in [0.2, 0.25) is 10.0 Å². The van der Waals surface area contributed by atoms with Crippen LogP contribution in [0.3, 0.4) is 0 Å². The molecule has 1 aliphatic carbocycles. The highest BCUT2D eigenvalue weighted by atomic mass is 127. The molecule has 0 atom stereocenters. The first-order valence-corrected chi connectivity index (χ1v) is 11.0. The number of sulfonamides is 1. The van der Waals surface area contributed by atoms with Crippen LogP contribution in [0, 0.1) is 5.92 Å². The molecule has 148 valence electrons. The van der Waals surface area contributed by atoms with Gasteiger partial charge in [0.25, 0.3) is 0 Å². The van der Waals surface area contributed by atoms with Crippen LogP contribution in [0.25, 0.3) is 0 Å². The van der Waals surface area contributed by atoms with Crippen molar-refractivity contribution in [2.45, 2.75) is 25.8 Å². The van der Waals surface area contributed by atoms with Crippen molar-refractivity contribution in [3.8, 4) is 0 Å². The predicted octanol–water partition coefficient (Wildman–Crippen LogP) is 2.79. The number of hydrogen-bond donors (Lipinski definition) is 2. The highest BCUT2D eigenvalue weighted by Gasteiger charge is 2.20. The first-order chi connectivity index (χ1) is 11.9. The topological polar surface area (TPSA) is 73.8 Å². The van der Waals surface area contributed by atoms with E-state index in [1.165, 1.54) is 6.42 Å². The summed E-state index contributed by atoms with van der Waals surface area (Å²) in [7, 11) is 0.392. The van der Waals surface area contributed by atoms with Gasteiger partial charge in [0, 0.05) is 38.2 Å². The van der Waals surface area contributed by atoms with E-state index in [0.29, 0.717) is 31.5 Å². The van der Waals surface area contributed by atoms with Crippen LogP contribution < -0.4 is 10.0 Å². The van der Waals surface area contributed by atoms with Gasteiger partial charge in [-0.3, -0.25) is 4.99 Å². The number of nitrogens with zero attached hydrogens (tertiary/aromatic N) is 2. The van der Waals surface area contributed by atoms with E-state index >= 15 is 0 Å². The Kier molecular flexibility index (Phi) is 10.4. The number of nitrogens with one attached hydrogen (secondary N) is 2. The largest absolute Gasteiger partial charge is 0.355 e. The summed E-state index contributed by atoms with van der Waals surface area (Å²) in [5, 5.41) is 3.12. The second-order valence-corrected chi connectivity index (χ2v) is 9.26. The smallest absolute Gasteiger partial charge is 0.213 e. The lowest BCUT2D eigenvalue weighted by molar-refractivity contribution is 0.316. The van der Waals surface area contributed by atoms with E-state index in [1.807, 2.05) is 36.2 Å². The third kappa shape index (κ3) is 8.10. The molecule has 26 heavy (non-hydrogen) atoms. The first kappa shape index (κ1) is 23.6. The Morgan fingerprint density at radius 1 is 1.31 bits per heavy atom. The van der Waals surface area contributed by atoms with Gasteiger partial charge < -0.3 is 10.2 Å². The molecule has 0 heterocycles. The summed E-state index contributed by atoms with van der Waals surface area (Å²) in [4.78, 5) is 6.19. The van der Waals surface area contributed by atoms with E-state index in [4.69, 9.17) is 0 Å². The molecule has 0 aromatic heterocycles. The molecule has 1 aromatic carbocycles. The van der Waals surface area contributed by atoms with Crippen molar-refractivity contribution in [2.24, 2.45) is 10.9 Å². The molecular formula is C17H28BrIN4O2S. The summed E-state index contributed by atoms with van der Waals surface area (Å²) in [5.41, 5.74) is 1.16. The van der Waals surface area contributed by atoms with Crippen LogP contribution in [0.4, 0.5) is 0 Å². The molecule has 2 rings (SSSR count). The zero-order valence-electron chi connectivity index (χ0n) is 15.2. The predicted molar refractivity (Wildman–Crippen MR) is 122 cm³/mol. The Bertz CT molecular complexity index is 679. The van der Waals surface area contributed by atoms with Crippen LogP contribution in [0.2, 0.25) is 0 Å². The first-order valence-electron chi connectivity index (χ1n) is 8.53. The van der Waals surface area contributed by atoms with Crippen molar-refractivity contribution in [3.63, 3.8) is 0 Å². The minimum Gasteiger partial charge on any atom is -0.355 e. The van der Waals surface area contributed by atoms with Crippen molar-refractivity contribution in [3.05, 3.63) is 34.3 Å². The van der Waals surface area contributed by atoms with Crippen molar-refractivity contribution < 1.29 is 8.42 Å². The molecule has 0 radical (unpaired) electrons. The number of hydrogen-bond acceptors (Lipinski definition) is 3. The second-order valence-electron chi connectivity index (χ2n) is 6.42. The van der Waals surface area contributed by atoms with Gasteiger partial charge in [-0.2, -0.15) is 0 Å². The Morgan fingerprint density at radius 3 is 2.50 bits per heavy atom. The molecule has 0 bridgehead atoms.